The van der Waals surface area contributed by atoms with Crippen LogP contribution in [0.4, 0.5) is 0 Å². The molecule has 3 unspecified atom stereocenters. The van der Waals surface area contributed by atoms with Crippen molar-refractivity contribution in [1.82, 2.24) is 10.2 Å². The summed E-state index contributed by atoms with van der Waals surface area (Å²) in [6.07, 6.45) is -0.684. The molecular weight excluding hydrogens is 252 g/mol. The predicted octanol–water partition coefficient (Wildman–Crippen LogP) is -1.25. The zero-order chi connectivity index (χ0) is 14.4. The molecule has 1 aliphatic rings. The molecule has 0 bridgehead atoms. The molecule has 0 saturated carbocycles. The summed E-state index contributed by atoms with van der Waals surface area (Å²) in [7, 11) is 3.04. The number of aliphatic hydroxyl groups is 1. The lowest BCUT2D eigenvalue weighted by atomic mass is 10.2. The van der Waals surface area contributed by atoms with Gasteiger partial charge in [-0.1, -0.05) is 0 Å². The van der Waals surface area contributed by atoms with Gasteiger partial charge in [0.05, 0.1) is 37.9 Å². The van der Waals surface area contributed by atoms with Crippen molar-refractivity contribution in [3.63, 3.8) is 0 Å². The summed E-state index contributed by atoms with van der Waals surface area (Å²) in [4.78, 5) is 24.0. The molecule has 0 radical (unpaired) electrons. The average Bonchev–Trinajstić information content (AvgIpc) is 2.62. The lowest BCUT2D eigenvalue weighted by Gasteiger charge is -2.17. The Bertz CT molecular complexity index is 323. The van der Waals surface area contributed by atoms with E-state index in [1.165, 1.54) is 7.05 Å². The summed E-state index contributed by atoms with van der Waals surface area (Å²) in [5.41, 5.74) is 0. The van der Waals surface area contributed by atoms with Crippen LogP contribution >= 0.6 is 0 Å². The summed E-state index contributed by atoms with van der Waals surface area (Å²) >= 11 is 0. The molecule has 110 valence electrons. The lowest BCUT2D eigenvalue weighted by Crippen LogP contribution is -2.42. The van der Waals surface area contributed by atoms with Gasteiger partial charge in [0.1, 0.15) is 0 Å². The Kier molecular flexibility index (Phi) is 6.36. The van der Waals surface area contributed by atoms with Gasteiger partial charge in [-0.3, -0.25) is 14.5 Å². The van der Waals surface area contributed by atoms with Crippen molar-refractivity contribution >= 4 is 11.8 Å². The van der Waals surface area contributed by atoms with E-state index < -0.39 is 12.1 Å². The molecule has 1 aliphatic heterocycles. The maximum atomic E-state index is 11.6. The van der Waals surface area contributed by atoms with E-state index in [4.69, 9.17) is 9.47 Å². The maximum Gasteiger partial charge on any atom is 0.246 e. The molecule has 7 heteroatoms. The van der Waals surface area contributed by atoms with Gasteiger partial charge in [0.25, 0.3) is 0 Å². The normalized spacial score (nSPS) is 22.9. The second-order valence-corrected chi connectivity index (χ2v) is 4.71. The molecule has 2 N–H and O–H groups in total. The summed E-state index contributed by atoms with van der Waals surface area (Å²) in [6, 6.07) is -0.538. The highest BCUT2D eigenvalue weighted by molar-refractivity contribution is 6.05. The van der Waals surface area contributed by atoms with Gasteiger partial charge in [-0.2, -0.15) is 0 Å². The number of aliphatic hydroxyl groups excluding tert-OH is 1. The van der Waals surface area contributed by atoms with Gasteiger partial charge in [-0.25, -0.2) is 0 Å². The summed E-state index contributed by atoms with van der Waals surface area (Å²) < 4.78 is 10.3. The van der Waals surface area contributed by atoms with E-state index >= 15 is 0 Å². The van der Waals surface area contributed by atoms with E-state index in [1.807, 2.05) is 6.92 Å². The average molecular weight is 274 g/mol. The van der Waals surface area contributed by atoms with Crippen LogP contribution in [-0.2, 0) is 19.1 Å². The first-order valence-corrected chi connectivity index (χ1v) is 6.28. The van der Waals surface area contributed by atoms with Gasteiger partial charge in [0.2, 0.25) is 11.8 Å². The molecule has 19 heavy (non-hydrogen) atoms. The first kappa shape index (κ1) is 16.0. The Balaban J connectivity index is 2.22. The van der Waals surface area contributed by atoms with E-state index in [-0.39, 0.29) is 37.5 Å². The van der Waals surface area contributed by atoms with Gasteiger partial charge in [0.15, 0.2) is 0 Å². The third kappa shape index (κ3) is 4.87. The molecule has 7 nitrogen and oxygen atoms in total. The van der Waals surface area contributed by atoms with Crippen molar-refractivity contribution in [1.29, 1.82) is 0 Å². The van der Waals surface area contributed by atoms with Crippen LogP contribution in [0.25, 0.3) is 0 Å². The summed E-state index contributed by atoms with van der Waals surface area (Å²) in [6.45, 7) is 2.66. The fourth-order valence-corrected chi connectivity index (χ4v) is 1.81. The van der Waals surface area contributed by atoms with Crippen LogP contribution in [-0.4, -0.2) is 74.0 Å². The molecule has 0 spiro atoms. The Labute approximate surface area is 112 Å². The van der Waals surface area contributed by atoms with Gasteiger partial charge >= 0.3 is 0 Å². The molecule has 1 heterocycles. The van der Waals surface area contributed by atoms with Crippen molar-refractivity contribution in [2.75, 3.05) is 33.9 Å². The van der Waals surface area contributed by atoms with Gasteiger partial charge in [-0.15, -0.1) is 0 Å². The van der Waals surface area contributed by atoms with Crippen molar-refractivity contribution in [3.05, 3.63) is 0 Å². The number of nitrogens with one attached hydrogen (secondary N) is 1. The highest BCUT2D eigenvalue weighted by Gasteiger charge is 2.35. The highest BCUT2D eigenvalue weighted by Crippen LogP contribution is 2.10. The Morgan fingerprint density at radius 3 is 2.68 bits per heavy atom. The first-order chi connectivity index (χ1) is 8.95. The van der Waals surface area contributed by atoms with Crippen LogP contribution in [0.5, 0.6) is 0 Å². The number of methoxy groups -OCH3 is 1. The van der Waals surface area contributed by atoms with E-state index in [1.54, 1.807) is 7.11 Å². The monoisotopic (exact) mass is 274 g/mol. The Morgan fingerprint density at radius 1 is 1.47 bits per heavy atom. The van der Waals surface area contributed by atoms with Gasteiger partial charge < -0.3 is 19.9 Å². The number of nitrogens with zero attached hydrogens (tertiary/aromatic N) is 1. The minimum atomic E-state index is -0.729. The molecular formula is C12H22N2O5. The van der Waals surface area contributed by atoms with Gasteiger partial charge in [-0.05, 0) is 6.92 Å². The van der Waals surface area contributed by atoms with E-state index in [9.17, 15) is 14.7 Å². The highest BCUT2D eigenvalue weighted by atomic mass is 16.5. The molecule has 2 amide bonds. The van der Waals surface area contributed by atoms with Crippen LogP contribution < -0.4 is 5.32 Å². The second kappa shape index (κ2) is 7.54. The molecule has 3 atom stereocenters. The van der Waals surface area contributed by atoms with Crippen LogP contribution in [0.3, 0.4) is 0 Å². The second-order valence-electron chi connectivity index (χ2n) is 4.71. The number of hydrogen-bond acceptors (Lipinski definition) is 6. The van der Waals surface area contributed by atoms with Crippen LogP contribution in [0.2, 0.25) is 0 Å². The molecule has 0 aliphatic carbocycles. The molecule has 0 aromatic heterocycles. The number of carbonyl (C=O) groups excluding carboxylic acids is 2. The summed E-state index contributed by atoms with van der Waals surface area (Å²) in [5.74, 6) is -0.465. The number of hydrogen-bond donors (Lipinski definition) is 2. The van der Waals surface area contributed by atoms with Crippen molar-refractivity contribution < 1.29 is 24.2 Å². The zero-order valence-electron chi connectivity index (χ0n) is 11.6. The number of ether oxygens (including phenoxy) is 2. The van der Waals surface area contributed by atoms with Gasteiger partial charge in [0, 0.05) is 20.7 Å². The number of likely N-dealkylation sites (N-methyl/N-ethyl adjacent to an activating group) is 1. The molecule has 1 fully saturated rings. The van der Waals surface area contributed by atoms with E-state index in [0.29, 0.717) is 6.61 Å². The number of rotatable bonds is 8. The topological polar surface area (TPSA) is 88.1 Å². The Morgan fingerprint density at radius 2 is 2.16 bits per heavy atom. The van der Waals surface area contributed by atoms with Crippen molar-refractivity contribution in [2.45, 2.75) is 31.6 Å². The zero-order valence-corrected chi connectivity index (χ0v) is 11.6. The first-order valence-electron chi connectivity index (χ1n) is 6.28. The van der Waals surface area contributed by atoms with Crippen molar-refractivity contribution in [3.8, 4) is 0 Å². The third-order valence-electron chi connectivity index (χ3n) is 2.96. The minimum Gasteiger partial charge on any atom is -0.389 e. The molecule has 0 aromatic rings. The number of imide groups is 1. The number of likely N-dealkylation sites (tertiary alicyclic amines) is 1. The largest absolute Gasteiger partial charge is 0.389 e. The van der Waals surface area contributed by atoms with Crippen LogP contribution in [0.1, 0.15) is 13.3 Å². The lowest BCUT2D eigenvalue weighted by molar-refractivity contribution is -0.137. The quantitative estimate of drug-likeness (QED) is 0.538. The van der Waals surface area contributed by atoms with E-state index in [2.05, 4.69) is 5.32 Å². The van der Waals surface area contributed by atoms with Crippen LogP contribution in [0, 0.1) is 0 Å². The summed E-state index contributed by atoms with van der Waals surface area (Å²) in [5, 5.41) is 12.6. The molecule has 0 aromatic carbocycles. The Hall–Kier alpha value is -1.02. The fourth-order valence-electron chi connectivity index (χ4n) is 1.81. The number of amides is 2. The fraction of sp³-hybridized carbons (Fsp3) is 0.833. The standard InChI is InChI=1S/C12H22N2O5/c1-8(6-18-3)19-7-9(15)5-13-10-4-11(16)14(2)12(10)17/h8-10,13,15H,4-7H2,1-3H3. The van der Waals surface area contributed by atoms with Crippen molar-refractivity contribution in [2.24, 2.45) is 0 Å². The van der Waals surface area contributed by atoms with E-state index in [0.717, 1.165) is 4.90 Å². The smallest absolute Gasteiger partial charge is 0.246 e. The minimum absolute atomic E-state index is 0.0968. The predicted molar refractivity (Wildman–Crippen MR) is 67.5 cm³/mol. The molecule has 1 saturated heterocycles. The number of carbonyl (C=O) groups is 2. The van der Waals surface area contributed by atoms with Crippen LogP contribution in [0.15, 0.2) is 0 Å². The SMILES string of the molecule is COCC(C)OCC(O)CNC1CC(=O)N(C)C1=O. The molecule has 1 rings (SSSR count). The maximum absolute atomic E-state index is 11.6. The third-order valence-corrected chi connectivity index (χ3v) is 2.96.